The van der Waals surface area contributed by atoms with Crippen molar-refractivity contribution in [2.24, 2.45) is 5.92 Å². The predicted octanol–water partition coefficient (Wildman–Crippen LogP) is 2.72. The van der Waals surface area contributed by atoms with Crippen LogP contribution in [-0.4, -0.2) is 49.7 Å². The first-order valence-electron chi connectivity index (χ1n) is 8.71. The monoisotopic (exact) mass is 360 g/mol. The molecule has 1 atom stereocenters. The Bertz CT molecular complexity index is 871. The van der Waals surface area contributed by atoms with E-state index in [0.29, 0.717) is 31.1 Å². The van der Waals surface area contributed by atoms with Crippen molar-refractivity contribution in [1.82, 2.24) is 9.21 Å². The molecule has 0 radical (unpaired) electrons. The van der Waals surface area contributed by atoms with E-state index >= 15 is 0 Å². The Morgan fingerprint density at radius 1 is 1.04 bits per heavy atom. The first-order valence-corrected chi connectivity index (χ1v) is 10.1. The molecule has 1 heterocycles. The Kier molecular flexibility index (Phi) is 5.11. The summed E-state index contributed by atoms with van der Waals surface area (Å²) in [4.78, 5) is 14.4. The molecule has 0 aromatic heterocycles. The molecule has 1 unspecified atom stereocenters. The van der Waals surface area contributed by atoms with Gasteiger partial charge in [-0.2, -0.15) is 4.31 Å². The van der Waals surface area contributed by atoms with Gasteiger partial charge in [-0.15, -0.1) is 0 Å². The van der Waals surface area contributed by atoms with Crippen LogP contribution in [0.15, 0.2) is 47.4 Å². The molecule has 0 spiro atoms. The van der Waals surface area contributed by atoms with Gasteiger partial charge in [-0.1, -0.05) is 44.2 Å². The number of fused-ring (bicyclic) bond motifs is 1. The van der Waals surface area contributed by atoms with Crippen molar-refractivity contribution in [1.29, 1.82) is 0 Å². The molecule has 1 saturated heterocycles. The second-order valence-electron chi connectivity index (χ2n) is 6.55. The third-order valence-electron chi connectivity index (χ3n) is 4.94. The fourth-order valence-corrected chi connectivity index (χ4v) is 4.57. The highest BCUT2D eigenvalue weighted by molar-refractivity contribution is 7.89. The molecule has 1 amide bonds. The van der Waals surface area contributed by atoms with Gasteiger partial charge in [-0.05, 0) is 29.3 Å². The first kappa shape index (κ1) is 17.9. The van der Waals surface area contributed by atoms with E-state index in [-0.39, 0.29) is 11.8 Å². The average Bonchev–Trinajstić information content (AvgIpc) is 2.66. The number of nitrogens with zero attached hydrogens (tertiary/aromatic N) is 2. The van der Waals surface area contributed by atoms with E-state index in [0.717, 1.165) is 17.2 Å². The van der Waals surface area contributed by atoms with Crippen LogP contribution in [-0.2, 0) is 14.8 Å². The van der Waals surface area contributed by atoms with E-state index in [4.69, 9.17) is 0 Å². The van der Waals surface area contributed by atoms with E-state index in [2.05, 4.69) is 0 Å². The zero-order valence-corrected chi connectivity index (χ0v) is 15.5. The van der Waals surface area contributed by atoms with E-state index in [9.17, 15) is 13.2 Å². The summed E-state index contributed by atoms with van der Waals surface area (Å²) in [7, 11) is -3.53. The highest BCUT2D eigenvalue weighted by Gasteiger charge is 2.31. The van der Waals surface area contributed by atoms with Gasteiger partial charge in [0.25, 0.3) is 0 Å². The van der Waals surface area contributed by atoms with Gasteiger partial charge in [0.05, 0.1) is 4.90 Å². The number of hydrogen-bond acceptors (Lipinski definition) is 3. The quantitative estimate of drug-likeness (QED) is 0.842. The van der Waals surface area contributed by atoms with Crippen LogP contribution in [0.2, 0.25) is 0 Å². The molecular formula is C19H24N2O3S. The molecule has 5 nitrogen and oxygen atoms in total. The number of carbonyl (C=O) groups excluding carboxylic acids is 1. The standard InChI is InChI=1S/C19H24N2O3S/c1-3-15(2)19(22)20-10-12-21(13-11-20)25(23,24)18-9-8-16-6-4-5-7-17(16)14-18/h4-9,14-15H,3,10-13H2,1-2H3. The first-order chi connectivity index (χ1) is 11.9. The number of amides is 1. The minimum atomic E-state index is -3.53. The largest absolute Gasteiger partial charge is 0.340 e. The van der Waals surface area contributed by atoms with Crippen molar-refractivity contribution in [2.75, 3.05) is 26.2 Å². The normalized spacial score (nSPS) is 17.6. The number of rotatable bonds is 4. The van der Waals surface area contributed by atoms with E-state index in [1.165, 1.54) is 4.31 Å². The minimum Gasteiger partial charge on any atom is -0.340 e. The van der Waals surface area contributed by atoms with Gasteiger partial charge >= 0.3 is 0 Å². The Balaban J connectivity index is 1.76. The van der Waals surface area contributed by atoms with Crippen molar-refractivity contribution >= 4 is 26.7 Å². The highest BCUT2D eigenvalue weighted by atomic mass is 32.2. The Morgan fingerprint density at radius 3 is 2.32 bits per heavy atom. The summed E-state index contributed by atoms with van der Waals surface area (Å²) in [5.41, 5.74) is 0. The highest BCUT2D eigenvalue weighted by Crippen LogP contribution is 2.23. The maximum absolute atomic E-state index is 12.9. The molecule has 25 heavy (non-hydrogen) atoms. The SMILES string of the molecule is CCC(C)C(=O)N1CCN(S(=O)(=O)c2ccc3ccccc3c2)CC1. The van der Waals surface area contributed by atoms with Crippen molar-refractivity contribution < 1.29 is 13.2 Å². The van der Waals surface area contributed by atoms with Gasteiger partial charge in [0.1, 0.15) is 0 Å². The number of hydrogen-bond donors (Lipinski definition) is 0. The minimum absolute atomic E-state index is 0.0105. The zero-order chi connectivity index (χ0) is 18.0. The van der Waals surface area contributed by atoms with Gasteiger partial charge in [0, 0.05) is 32.1 Å². The zero-order valence-electron chi connectivity index (χ0n) is 14.7. The van der Waals surface area contributed by atoms with Gasteiger partial charge in [0.2, 0.25) is 15.9 Å². The number of benzene rings is 2. The van der Waals surface area contributed by atoms with E-state index in [1.54, 1.807) is 17.0 Å². The Labute approximate surface area is 149 Å². The van der Waals surface area contributed by atoms with Crippen molar-refractivity contribution in [3.05, 3.63) is 42.5 Å². The Hall–Kier alpha value is -1.92. The van der Waals surface area contributed by atoms with Gasteiger partial charge in [-0.25, -0.2) is 8.42 Å². The molecule has 134 valence electrons. The topological polar surface area (TPSA) is 57.7 Å². The second-order valence-corrected chi connectivity index (χ2v) is 8.49. The van der Waals surface area contributed by atoms with E-state index in [1.807, 2.05) is 44.2 Å². The van der Waals surface area contributed by atoms with Crippen molar-refractivity contribution in [3.63, 3.8) is 0 Å². The smallest absolute Gasteiger partial charge is 0.243 e. The summed E-state index contributed by atoms with van der Waals surface area (Å²) in [5.74, 6) is 0.105. The van der Waals surface area contributed by atoms with Crippen molar-refractivity contribution in [3.8, 4) is 0 Å². The third-order valence-corrected chi connectivity index (χ3v) is 6.84. The van der Waals surface area contributed by atoms with E-state index < -0.39 is 10.0 Å². The predicted molar refractivity (Wildman–Crippen MR) is 98.7 cm³/mol. The number of piperazine rings is 1. The maximum Gasteiger partial charge on any atom is 0.243 e. The lowest BCUT2D eigenvalue weighted by atomic mass is 10.1. The number of carbonyl (C=O) groups is 1. The maximum atomic E-state index is 12.9. The Morgan fingerprint density at radius 2 is 1.68 bits per heavy atom. The molecular weight excluding hydrogens is 336 g/mol. The molecule has 1 aliphatic heterocycles. The molecule has 0 bridgehead atoms. The van der Waals surface area contributed by atoms with Crippen LogP contribution in [0, 0.1) is 5.92 Å². The molecule has 0 aliphatic carbocycles. The molecule has 0 saturated carbocycles. The van der Waals surface area contributed by atoms with Crippen LogP contribution in [0.25, 0.3) is 10.8 Å². The molecule has 2 aromatic rings. The molecule has 2 aromatic carbocycles. The van der Waals surface area contributed by atoms with Gasteiger partial charge in [0.15, 0.2) is 0 Å². The lowest BCUT2D eigenvalue weighted by Crippen LogP contribution is -2.51. The number of sulfonamides is 1. The van der Waals surface area contributed by atoms with Gasteiger partial charge < -0.3 is 4.90 Å². The summed E-state index contributed by atoms with van der Waals surface area (Å²) in [6.07, 6.45) is 0.800. The third kappa shape index (κ3) is 3.55. The van der Waals surface area contributed by atoms with Crippen LogP contribution in [0.3, 0.4) is 0 Å². The molecule has 1 aliphatic rings. The fraction of sp³-hybridized carbons (Fsp3) is 0.421. The molecule has 3 rings (SSSR count). The second kappa shape index (κ2) is 7.14. The fourth-order valence-electron chi connectivity index (χ4n) is 3.11. The summed E-state index contributed by atoms with van der Waals surface area (Å²) in [5, 5.41) is 1.93. The van der Waals surface area contributed by atoms with Crippen LogP contribution < -0.4 is 0 Å². The van der Waals surface area contributed by atoms with Crippen LogP contribution >= 0.6 is 0 Å². The summed E-state index contributed by atoms with van der Waals surface area (Å²) in [6.45, 7) is 5.50. The van der Waals surface area contributed by atoms with Crippen LogP contribution in [0.5, 0.6) is 0 Å². The van der Waals surface area contributed by atoms with Gasteiger partial charge in [-0.3, -0.25) is 4.79 Å². The lowest BCUT2D eigenvalue weighted by molar-refractivity contribution is -0.136. The summed E-state index contributed by atoms with van der Waals surface area (Å²) < 4.78 is 27.3. The molecule has 6 heteroatoms. The van der Waals surface area contributed by atoms with Crippen LogP contribution in [0.1, 0.15) is 20.3 Å². The molecule has 1 fully saturated rings. The summed E-state index contributed by atoms with van der Waals surface area (Å²) >= 11 is 0. The van der Waals surface area contributed by atoms with Crippen molar-refractivity contribution in [2.45, 2.75) is 25.2 Å². The lowest BCUT2D eigenvalue weighted by Gasteiger charge is -2.35. The van der Waals surface area contributed by atoms with Crippen LogP contribution in [0.4, 0.5) is 0 Å². The molecule has 0 N–H and O–H groups in total. The average molecular weight is 360 g/mol. The summed E-state index contributed by atoms with van der Waals surface area (Å²) in [6, 6.07) is 12.9.